The lowest BCUT2D eigenvalue weighted by atomic mass is 10.1. The van der Waals surface area contributed by atoms with Gasteiger partial charge in [0.25, 0.3) is 0 Å². The third kappa shape index (κ3) is 4.97. The molecule has 9 heteroatoms. The quantitative estimate of drug-likeness (QED) is 0.266. The van der Waals surface area contributed by atoms with E-state index in [1.165, 1.54) is 0 Å². The van der Waals surface area contributed by atoms with Crippen molar-refractivity contribution >= 4 is 23.1 Å². The van der Waals surface area contributed by atoms with Gasteiger partial charge in [0.15, 0.2) is 5.75 Å². The second-order valence-electron chi connectivity index (χ2n) is 9.71. The largest absolute Gasteiger partial charge is 0.454 e. The normalized spacial score (nSPS) is 14.2. The van der Waals surface area contributed by atoms with Gasteiger partial charge in [-0.1, -0.05) is 17.8 Å². The Morgan fingerprint density at radius 3 is 2.67 bits per heavy atom. The highest BCUT2D eigenvalue weighted by atomic mass is 32.2. The van der Waals surface area contributed by atoms with Crippen LogP contribution in [-0.2, 0) is 11.3 Å². The number of fused-ring (bicyclic) bond motifs is 2. The number of aromatic nitrogens is 3. The maximum Gasteiger partial charge on any atom is 0.250 e. The lowest BCUT2D eigenvalue weighted by molar-refractivity contribution is 0.122. The van der Waals surface area contributed by atoms with Crippen molar-refractivity contribution in [1.29, 1.82) is 0 Å². The van der Waals surface area contributed by atoms with Crippen molar-refractivity contribution in [3.05, 3.63) is 107 Å². The summed E-state index contributed by atoms with van der Waals surface area (Å²) in [5.41, 5.74) is 5.49. The predicted octanol–water partition coefficient (Wildman–Crippen LogP) is 5.93. The Kier molecular flexibility index (Phi) is 6.51. The van der Waals surface area contributed by atoms with Crippen molar-refractivity contribution < 1.29 is 9.47 Å². The van der Waals surface area contributed by atoms with E-state index in [2.05, 4.69) is 38.4 Å². The topological polar surface area (TPSA) is 84.4 Å². The maximum atomic E-state index is 12.6. The van der Waals surface area contributed by atoms with Crippen molar-refractivity contribution in [2.24, 2.45) is 0 Å². The third-order valence-corrected chi connectivity index (χ3v) is 8.11. The Balaban J connectivity index is 1.11. The minimum absolute atomic E-state index is 0.134. The van der Waals surface area contributed by atoms with E-state index < -0.39 is 0 Å². The number of ether oxygens (including phenoxy) is 2. The predicted molar refractivity (Wildman–Crippen MR) is 157 cm³/mol. The maximum absolute atomic E-state index is 12.6. The van der Waals surface area contributed by atoms with E-state index in [0.29, 0.717) is 19.8 Å². The molecule has 40 heavy (non-hydrogen) atoms. The van der Waals surface area contributed by atoms with Gasteiger partial charge in [-0.15, -0.1) is 0 Å². The average Bonchev–Trinajstić information content (AvgIpc) is 3.54. The van der Waals surface area contributed by atoms with Crippen LogP contribution in [-0.4, -0.2) is 40.8 Å². The number of nitrogens with zero attached hydrogens (tertiary/aromatic N) is 3. The van der Waals surface area contributed by atoms with Crippen molar-refractivity contribution in [3.63, 3.8) is 0 Å². The monoisotopic (exact) mass is 549 g/mol. The standard InChI is InChI=1S/C31H27N5O3S/c37-30-17-23(36-10-12-38-13-11-36)16-26(34-30)25-4-3-5-28-31(25)39-27-7-6-22(15-29(27)40-28)33-19-21-14-24(20-32-18-21)35-8-1-2-9-35/h1-9,14-18,20,33H,10-13,19H2,(H,34,37). The van der Waals surface area contributed by atoms with Crippen molar-refractivity contribution in [2.75, 3.05) is 36.5 Å². The molecule has 5 aromatic rings. The summed E-state index contributed by atoms with van der Waals surface area (Å²) in [7, 11) is 0. The van der Waals surface area contributed by atoms with Gasteiger partial charge in [-0.25, -0.2) is 0 Å². The molecule has 0 spiro atoms. The van der Waals surface area contributed by atoms with Crippen LogP contribution in [0.4, 0.5) is 11.4 Å². The van der Waals surface area contributed by atoms with Gasteiger partial charge in [-0.2, -0.15) is 0 Å². The Morgan fingerprint density at radius 1 is 0.925 bits per heavy atom. The fourth-order valence-electron chi connectivity index (χ4n) is 5.02. The van der Waals surface area contributed by atoms with Crippen LogP contribution >= 0.6 is 11.8 Å². The molecule has 1 fully saturated rings. The number of anilines is 2. The minimum atomic E-state index is -0.134. The molecule has 2 aromatic carbocycles. The molecule has 0 aliphatic carbocycles. The zero-order valence-electron chi connectivity index (χ0n) is 21.7. The smallest absolute Gasteiger partial charge is 0.250 e. The van der Waals surface area contributed by atoms with Gasteiger partial charge in [-0.05, 0) is 60.2 Å². The first-order valence-electron chi connectivity index (χ1n) is 13.2. The fourth-order valence-corrected chi connectivity index (χ4v) is 6.05. The fraction of sp³-hybridized carbons (Fsp3) is 0.161. The lowest BCUT2D eigenvalue weighted by Gasteiger charge is -2.29. The van der Waals surface area contributed by atoms with Gasteiger partial charge in [0.05, 0.1) is 40.6 Å². The van der Waals surface area contributed by atoms with Crippen molar-refractivity contribution in [2.45, 2.75) is 16.3 Å². The molecule has 0 bridgehead atoms. The number of hydrogen-bond donors (Lipinski definition) is 2. The number of para-hydroxylation sites is 1. The molecule has 0 amide bonds. The van der Waals surface area contributed by atoms with Crippen LogP contribution in [0.1, 0.15) is 5.56 Å². The van der Waals surface area contributed by atoms with E-state index in [-0.39, 0.29) is 5.56 Å². The molecule has 0 radical (unpaired) electrons. The Labute approximate surface area is 235 Å². The number of aromatic amines is 1. The molecule has 3 aromatic heterocycles. The van der Waals surface area contributed by atoms with Crippen molar-refractivity contribution in [3.8, 4) is 28.4 Å². The highest BCUT2D eigenvalue weighted by Gasteiger charge is 2.23. The van der Waals surface area contributed by atoms with Crippen LogP contribution in [0, 0.1) is 0 Å². The Hall–Kier alpha value is -4.47. The first-order valence-corrected chi connectivity index (χ1v) is 14.0. The third-order valence-electron chi connectivity index (χ3n) is 7.03. The van der Waals surface area contributed by atoms with Crippen LogP contribution in [0.15, 0.2) is 106 Å². The number of pyridine rings is 2. The first kappa shape index (κ1) is 24.6. The summed E-state index contributed by atoms with van der Waals surface area (Å²) in [5.74, 6) is 1.54. The zero-order chi connectivity index (χ0) is 26.9. The van der Waals surface area contributed by atoms with Gasteiger partial charge >= 0.3 is 0 Å². The molecule has 5 heterocycles. The highest BCUT2D eigenvalue weighted by molar-refractivity contribution is 7.99. The van der Waals surface area contributed by atoms with Gasteiger partial charge in [0.2, 0.25) is 5.56 Å². The molecular formula is C31H27N5O3S. The molecule has 7 rings (SSSR count). The molecule has 0 saturated carbocycles. The zero-order valence-corrected chi connectivity index (χ0v) is 22.5. The summed E-state index contributed by atoms with van der Waals surface area (Å²) in [6, 6.07) is 22.0. The summed E-state index contributed by atoms with van der Waals surface area (Å²) in [6.45, 7) is 3.50. The molecule has 2 aliphatic rings. The highest BCUT2D eigenvalue weighted by Crippen LogP contribution is 2.51. The van der Waals surface area contributed by atoms with Crippen LogP contribution in [0.3, 0.4) is 0 Å². The molecule has 8 nitrogen and oxygen atoms in total. The molecule has 2 aliphatic heterocycles. The number of rotatable bonds is 6. The molecule has 1 saturated heterocycles. The second-order valence-corrected chi connectivity index (χ2v) is 10.8. The molecular weight excluding hydrogens is 522 g/mol. The number of morpholine rings is 1. The average molecular weight is 550 g/mol. The first-order chi connectivity index (χ1) is 19.7. The summed E-state index contributed by atoms with van der Waals surface area (Å²) >= 11 is 1.66. The lowest BCUT2D eigenvalue weighted by Crippen LogP contribution is -2.36. The number of nitrogens with one attached hydrogen (secondary N) is 2. The van der Waals surface area contributed by atoms with E-state index in [1.54, 1.807) is 17.8 Å². The summed E-state index contributed by atoms with van der Waals surface area (Å²) in [4.78, 5) is 24.2. The van der Waals surface area contributed by atoms with Gasteiger partial charge in [0, 0.05) is 61.2 Å². The van der Waals surface area contributed by atoms with Crippen LogP contribution in [0.5, 0.6) is 11.5 Å². The summed E-state index contributed by atoms with van der Waals surface area (Å²) in [6.07, 6.45) is 7.76. The summed E-state index contributed by atoms with van der Waals surface area (Å²) in [5, 5.41) is 3.52. The van der Waals surface area contributed by atoms with E-state index in [1.807, 2.05) is 71.8 Å². The number of benzene rings is 2. The van der Waals surface area contributed by atoms with Crippen LogP contribution < -0.4 is 20.5 Å². The van der Waals surface area contributed by atoms with E-state index in [0.717, 1.165) is 68.3 Å². The second kappa shape index (κ2) is 10.6. The van der Waals surface area contributed by atoms with E-state index in [4.69, 9.17) is 9.47 Å². The van der Waals surface area contributed by atoms with E-state index >= 15 is 0 Å². The molecule has 200 valence electrons. The van der Waals surface area contributed by atoms with Crippen LogP contribution in [0.25, 0.3) is 16.9 Å². The van der Waals surface area contributed by atoms with Crippen molar-refractivity contribution in [1.82, 2.24) is 14.5 Å². The van der Waals surface area contributed by atoms with Crippen LogP contribution in [0.2, 0.25) is 0 Å². The molecule has 0 unspecified atom stereocenters. The Bertz CT molecular complexity index is 1730. The SMILES string of the molecule is O=c1cc(N2CCOCC2)cc(-c2cccc3c2Oc2ccc(NCc4cncc(-n5cccc5)c4)cc2S3)[nH]1. The van der Waals surface area contributed by atoms with Gasteiger partial charge in [0.1, 0.15) is 5.75 Å². The van der Waals surface area contributed by atoms with Gasteiger partial charge in [-0.3, -0.25) is 9.78 Å². The summed E-state index contributed by atoms with van der Waals surface area (Å²) < 4.78 is 14.0. The number of hydrogen-bond acceptors (Lipinski definition) is 7. The minimum Gasteiger partial charge on any atom is -0.454 e. The number of H-pyrrole nitrogens is 1. The van der Waals surface area contributed by atoms with Gasteiger partial charge < -0.3 is 29.2 Å². The Morgan fingerprint density at radius 2 is 1.80 bits per heavy atom. The molecule has 0 atom stereocenters. The van der Waals surface area contributed by atoms with E-state index in [9.17, 15) is 4.79 Å². The molecule has 2 N–H and O–H groups in total.